The van der Waals surface area contributed by atoms with E-state index in [1.165, 1.54) is 21.6 Å². The molecule has 12 heteroatoms. The fraction of sp³-hybridized carbons (Fsp3) is 0.500. The monoisotopic (exact) mass is 391 g/mol. The first kappa shape index (κ1) is 19.5. The minimum atomic E-state index is -0.619. The number of amides is 2. The van der Waals surface area contributed by atoms with Crippen molar-refractivity contribution in [3.8, 4) is 0 Å². The molecule has 1 fully saturated rings. The molecule has 0 aromatic carbocycles. The van der Waals surface area contributed by atoms with Crippen LogP contribution in [0.4, 0.5) is 11.5 Å². The Morgan fingerprint density at radius 1 is 1.32 bits per heavy atom. The second-order valence-electron chi connectivity index (χ2n) is 6.23. The topological polar surface area (TPSA) is 137 Å². The zero-order valence-electron chi connectivity index (χ0n) is 15.6. The third kappa shape index (κ3) is 4.01. The fourth-order valence-corrected chi connectivity index (χ4v) is 2.93. The number of nitrogens with zero attached hydrogens (tertiary/aromatic N) is 6. The van der Waals surface area contributed by atoms with Crippen molar-refractivity contribution in [2.75, 3.05) is 31.6 Å². The molecule has 0 unspecified atom stereocenters. The zero-order valence-corrected chi connectivity index (χ0v) is 15.6. The van der Waals surface area contributed by atoms with Crippen molar-refractivity contribution in [3.63, 3.8) is 0 Å². The first-order chi connectivity index (χ1) is 13.4. The second kappa shape index (κ2) is 8.17. The number of aromatic nitrogens is 4. The highest BCUT2D eigenvalue weighted by Gasteiger charge is 2.26. The summed E-state index contributed by atoms with van der Waals surface area (Å²) in [5, 5.41) is 21.4. The van der Waals surface area contributed by atoms with Crippen molar-refractivity contribution in [2.24, 2.45) is 0 Å². The maximum atomic E-state index is 12.9. The summed E-state index contributed by atoms with van der Waals surface area (Å²) in [5.41, 5.74) is 1.07. The normalized spacial score (nSPS) is 14.1. The van der Waals surface area contributed by atoms with Crippen LogP contribution in [-0.2, 0) is 22.6 Å². The van der Waals surface area contributed by atoms with E-state index in [0.29, 0.717) is 49.9 Å². The Labute approximate surface area is 160 Å². The van der Waals surface area contributed by atoms with Gasteiger partial charge in [0.2, 0.25) is 5.91 Å². The Bertz CT molecular complexity index is 897. The molecule has 0 aliphatic carbocycles. The van der Waals surface area contributed by atoms with Gasteiger partial charge in [0.05, 0.1) is 42.0 Å². The van der Waals surface area contributed by atoms with Crippen molar-refractivity contribution >= 4 is 23.3 Å². The molecule has 0 radical (unpaired) electrons. The van der Waals surface area contributed by atoms with E-state index in [1.54, 1.807) is 11.8 Å². The molecule has 0 saturated carbocycles. The molecule has 1 saturated heterocycles. The van der Waals surface area contributed by atoms with Gasteiger partial charge in [-0.15, -0.1) is 0 Å². The van der Waals surface area contributed by atoms with Crippen LogP contribution in [0.1, 0.15) is 23.1 Å². The number of rotatable bonds is 6. The number of nitrogens with one attached hydrogen (secondary N) is 1. The molecule has 3 rings (SSSR count). The van der Waals surface area contributed by atoms with Crippen LogP contribution in [0.5, 0.6) is 0 Å². The van der Waals surface area contributed by atoms with Crippen LogP contribution >= 0.6 is 0 Å². The Kier molecular flexibility index (Phi) is 5.68. The molecule has 1 N–H and O–H groups in total. The second-order valence-corrected chi connectivity index (χ2v) is 6.23. The summed E-state index contributed by atoms with van der Waals surface area (Å²) in [4.78, 5) is 37.2. The molecule has 150 valence electrons. The van der Waals surface area contributed by atoms with E-state index in [-0.39, 0.29) is 18.3 Å². The molecule has 2 aromatic heterocycles. The summed E-state index contributed by atoms with van der Waals surface area (Å²) in [5.74, 6) is -1.02. The van der Waals surface area contributed by atoms with Crippen LogP contribution in [0.15, 0.2) is 12.3 Å². The number of hydrogen-bond acceptors (Lipinski definition) is 7. The molecule has 28 heavy (non-hydrogen) atoms. The number of carbonyl (C=O) groups is 2. The van der Waals surface area contributed by atoms with Gasteiger partial charge in [-0.05, 0) is 18.8 Å². The quantitative estimate of drug-likeness (QED) is 0.556. The number of morpholine rings is 1. The van der Waals surface area contributed by atoms with Crippen molar-refractivity contribution in [2.45, 2.75) is 26.9 Å². The number of hydrogen-bond donors (Lipinski definition) is 1. The predicted molar refractivity (Wildman–Crippen MR) is 96.9 cm³/mol. The summed E-state index contributed by atoms with van der Waals surface area (Å²) in [6.45, 7) is 5.58. The van der Waals surface area contributed by atoms with Crippen molar-refractivity contribution in [3.05, 3.63) is 33.8 Å². The Hall–Kier alpha value is -3.28. The third-order valence-corrected chi connectivity index (χ3v) is 4.36. The number of carbonyl (C=O) groups excluding carboxylic acids is 2. The number of nitro groups is 1. The zero-order chi connectivity index (χ0) is 20.3. The van der Waals surface area contributed by atoms with Gasteiger partial charge in [-0.3, -0.25) is 14.3 Å². The Balaban J connectivity index is 1.76. The fourth-order valence-electron chi connectivity index (χ4n) is 2.93. The molecule has 0 spiro atoms. The van der Waals surface area contributed by atoms with Crippen LogP contribution < -0.4 is 5.32 Å². The van der Waals surface area contributed by atoms with E-state index in [2.05, 4.69) is 15.5 Å². The lowest BCUT2D eigenvalue weighted by Crippen LogP contribution is -2.41. The van der Waals surface area contributed by atoms with Gasteiger partial charge >= 0.3 is 5.82 Å². The van der Waals surface area contributed by atoms with Crippen molar-refractivity contribution < 1.29 is 19.2 Å². The first-order valence-electron chi connectivity index (χ1n) is 8.82. The van der Waals surface area contributed by atoms with E-state index < -0.39 is 10.8 Å². The van der Waals surface area contributed by atoms with Gasteiger partial charge in [-0.1, -0.05) is 0 Å². The highest BCUT2D eigenvalue weighted by Crippen LogP contribution is 2.19. The lowest BCUT2D eigenvalue weighted by Gasteiger charge is -2.27. The first-order valence-corrected chi connectivity index (χ1v) is 8.82. The molecule has 0 bridgehead atoms. The van der Waals surface area contributed by atoms with E-state index in [0.717, 1.165) is 0 Å². The summed E-state index contributed by atoms with van der Waals surface area (Å²) in [6, 6.07) is 1.29. The summed E-state index contributed by atoms with van der Waals surface area (Å²) in [7, 11) is 0. The van der Waals surface area contributed by atoms with E-state index in [4.69, 9.17) is 4.74 Å². The van der Waals surface area contributed by atoms with E-state index >= 15 is 0 Å². The largest absolute Gasteiger partial charge is 0.390 e. The van der Waals surface area contributed by atoms with Gasteiger partial charge in [-0.2, -0.15) is 9.78 Å². The lowest BCUT2D eigenvalue weighted by atomic mass is 10.2. The molecule has 2 amide bonds. The summed E-state index contributed by atoms with van der Waals surface area (Å²) < 4.78 is 8.03. The molecular formula is C16H21N7O5. The van der Waals surface area contributed by atoms with Gasteiger partial charge in [0, 0.05) is 19.6 Å². The van der Waals surface area contributed by atoms with Gasteiger partial charge in [-0.25, -0.2) is 0 Å². The maximum absolute atomic E-state index is 12.9. The van der Waals surface area contributed by atoms with E-state index in [9.17, 15) is 19.7 Å². The smallest absolute Gasteiger partial charge is 0.378 e. The molecule has 2 aromatic rings. The average molecular weight is 391 g/mol. The highest BCUT2D eigenvalue weighted by molar-refractivity contribution is 6.02. The van der Waals surface area contributed by atoms with Crippen LogP contribution in [0, 0.1) is 17.0 Å². The van der Waals surface area contributed by atoms with Crippen LogP contribution in [0.25, 0.3) is 0 Å². The maximum Gasteiger partial charge on any atom is 0.390 e. The minimum Gasteiger partial charge on any atom is -0.378 e. The standard InChI is InChI=1S/C16H21N7O5/c1-3-21-15(16(25)20-4-6-28-7-5-20)12(9-17-21)18-14(24)10-22-11(2)8-13(19-22)23(26)27/h8-9H,3-7,10H2,1-2H3,(H,18,24). The molecule has 12 nitrogen and oxygen atoms in total. The van der Waals surface area contributed by atoms with Crippen LogP contribution in [-0.4, -0.2) is 67.5 Å². The van der Waals surface area contributed by atoms with Gasteiger partial charge < -0.3 is 25.1 Å². The number of anilines is 1. The van der Waals surface area contributed by atoms with Gasteiger partial charge in [0.25, 0.3) is 5.91 Å². The Morgan fingerprint density at radius 2 is 2.04 bits per heavy atom. The predicted octanol–water partition coefficient (Wildman–Crippen LogP) is 0.427. The van der Waals surface area contributed by atoms with E-state index in [1.807, 2.05) is 6.92 Å². The molecule has 0 atom stereocenters. The summed E-state index contributed by atoms with van der Waals surface area (Å²) >= 11 is 0. The third-order valence-electron chi connectivity index (χ3n) is 4.36. The van der Waals surface area contributed by atoms with Gasteiger partial charge in [0.15, 0.2) is 0 Å². The molecule has 1 aliphatic rings. The molecule has 3 heterocycles. The SMILES string of the molecule is CCn1ncc(NC(=O)Cn2nc([N+](=O)[O-])cc2C)c1C(=O)N1CCOCC1. The average Bonchev–Trinajstić information content (AvgIpc) is 3.25. The Morgan fingerprint density at radius 3 is 2.64 bits per heavy atom. The van der Waals surface area contributed by atoms with Crippen molar-refractivity contribution in [1.82, 2.24) is 24.5 Å². The number of ether oxygens (including phenoxy) is 1. The summed E-state index contributed by atoms with van der Waals surface area (Å²) in [6.07, 6.45) is 1.42. The molecular weight excluding hydrogens is 370 g/mol. The van der Waals surface area contributed by atoms with Crippen LogP contribution in [0.2, 0.25) is 0 Å². The molecule has 1 aliphatic heterocycles. The van der Waals surface area contributed by atoms with Gasteiger partial charge in [0.1, 0.15) is 12.2 Å². The number of aryl methyl sites for hydroxylation is 2. The minimum absolute atomic E-state index is 0.220. The van der Waals surface area contributed by atoms with Crippen molar-refractivity contribution in [1.29, 1.82) is 0 Å². The lowest BCUT2D eigenvalue weighted by molar-refractivity contribution is -0.389. The highest BCUT2D eigenvalue weighted by atomic mass is 16.6. The van der Waals surface area contributed by atoms with Crippen LogP contribution in [0.3, 0.4) is 0 Å².